The number of nitrogens with zero attached hydrogens (tertiary/aromatic N) is 1. The minimum absolute atomic E-state index is 0.0840. The third-order valence-corrected chi connectivity index (χ3v) is 2.96. The molecule has 0 aliphatic heterocycles. The molecular formula is C12H18N2O2. The molecule has 1 aliphatic carbocycles. The number of pyridine rings is 1. The van der Waals surface area contributed by atoms with Gasteiger partial charge in [0.05, 0.1) is 18.0 Å². The molecule has 0 spiro atoms. The SMILES string of the molecule is NCc1ccc(OC2CCCCC2O)cn1. The van der Waals surface area contributed by atoms with Crippen LogP contribution in [0.4, 0.5) is 0 Å². The highest BCUT2D eigenvalue weighted by atomic mass is 16.5. The number of aromatic nitrogens is 1. The van der Waals surface area contributed by atoms with Crippen molar-refractivity contribution in [2.45, 2.75) is 44.4 Å². The minimum atomic E-state index is -0.345. The Kier molecular flexibility index (Phi) is 3.74. The lowest BCUT2D eigenvalue weighted by Gasteiger charge is -2.28. The van der Waals surface area contributed by atoms with Gasteiger partial charge in [-0.2, -0.15) is 0 Å². The Bertz CT molecular complexity index is 326. The Balaban J connectivity index is 1.96. The van der Waals surface area contributed by atoms with Gasteiger partial charge in [0.1, 0.15) is 11.9 Å². The standard InChI is InChI=1S/C12H18N2O2/c13-7-9-5-6-10(8-14-9)16-12-4-2-1-3-11(12)15/h5-6,8,11-12,15H,1-4,7,13H2. The first-order valence-electron chi connectivity index (χ1n) is 5.79. The predicted molar refractivity (Wildman–Crippen MR) is 61.0 cm³/mol. The molecule has 1 heterocycles. The van der Waals surface area contributed by atoms with Gasteiger partial charge in [0, 0.05) is 6.54 Å². The van der Waals surface area contributed by atoms with E-state index in [-0.39, 0.29) is 12.2 Å². The summed E-state index contributed by atoms with van der Waals surface area (Å²) in [5.74, 6) is 0.711. The number of hydrogen-bond acceptors (Lipinski definition) is 4. The third kappa shape index (κ3) is 2.71. The molecule has 0 bridgehead atoms. The average molecular weight is 222 g/mol. The molecule has 0 amide bonds. The van der Waals surface area contributed by atoms with Crippen molar-refractivity contribution in [3.63, 3.8) is 0 Å². The van der Waals surface area contributed by atoms with Gasteiger partial charge in [-0.15, -0.1) is 0 Å². The van der Waals surface area contributed by atoms with Gasteiger partial charge in [-0.1, -0.05) is 6.42 Å². The van der Waals surface area contributed by atoms with E-state index >= 15 is 0 Å². The molecule has 88 valence electrons. The fraction of sp³-hybridized carbons (Fsp3) is 0.583. The van der Waals surface area contributed by atoms with Gasteiger partial charge in [-0.25, -0.2) is 0 Å². The lowest BCUT2D eigenvalue weighted by molar-refractivity contribution is 0.00668. The summed E-state index contributed by atoms with van der Waals surface area (Å²) in [4.78, 5) is 4.16. The van der Waals surface area contributed by atoms with Crippen LogP contribution in [0, 0.1) is 0 Å². The zero-order chi connectivity index (χ0) is 11.4. The Hall–Kier alpha value is -1.13. The van der Waals surface area contributed by atoms with Crippen LogP contribution in [-0.2, 0) is 6.54 Å². The third-order valence-electron chi connectivity index (χ3n) is 2.96. The van der Waals surface area contributed by atoms with Crippen LogP contribution in [0.5, 0.6) is 5.75 Å². The van der Waals surface area contributed by atoms with Crippen molar-refractivity contribution in [2.24, 2.45) is 5.73 Å². The van der Waals surface area contributed by atoms with Crippen LogP contribution >= 0.6 is 0 Å². The average Bonchev–Trinajstić information content (AvgIpc) is 2.33. The van der Waals surface area contributed by atoms with Gasteiger partial charge in [-0.05, 0) is 31.4 Å². The molecule has 1 fully saturated rings. The van der Waals surface area contributed by atoms with E-state index < -0.39 is 0 Å². The molecule has 0 radical (unpaired) electrons. The van der Waals surface area contributed by atoms with E-state index in [0.29, 0.717) is 12.3 Å². The second-order valence-electron chi connectivity index (χ2n) is 4.20. The maximum absolute atomic E-state index is 9.77. The highest BCUT2D eigenvalue weighted by Crippen LogP contribution is 2.23. The summed E-state index contributed by atoms with van der Waals surface area (Å²) in [5.41, 5.74) is 6.31. The molecule has 4 nitrogen and oxygen atoms in total. The molecule has 2 rings (SSSR count). The molecule has 1 aliphatic rings. The zero-order valence-corrected chi connectivity index (χ0v) is 9.30. The van der Waals surface area contributed by atoms with Crippen LogP contribution in [0.15, 0.2) is 18.3 Å². The molecule has 2 unspecified atom stereocenters. The van der Waals surface area contributed by atoms with E-state index in [2.05, 4.69) is 4.98 Å². The maximum Gasteiger partial charge on any atom is 0.138 e. The quantitative estimate of drug-likeness (QED) is 0.807. The number of aliphatic hydroxyl groups excluding tert-OH is 1. The number of rotatable bonds is 3. The van der Waals surface area contributed by atoms with E-state index in [1.165, 1.54) is 0 Å². The molecule has 1 aromatic heterocycles. The molecule has 2 atom stereocenters. The van der Waals surface area contributed by atoms with Gasteiger partial charge < -0.3 is 15.6 Å². The van der Waals surface area contributed by atoms with Gasteiger partial charge in [-0.3, -0.25) is 4.98 Å². The molecular weight excluding hydrogens is 204 g/mol. The van der Waals surface area contributed by atoms with Crippen LogP contribution in [-0.4, -0.2) is 22.3 Å². The second kappa shape index (κ2) is 5.27. The van der Waals surface area contributed by atoms with E-state index in [0.717, 1.165) is 31.4 Å². The lowest BCUT2D eigenvalue weighted by Crippen LogP contribution is -2.34. The summed E-state index contributed by atoms with van der Waals surface area (Å²) in [5, 5.41) is 9.77. The van der Waals surface area contributed by atoms with E-state index in [1.54, 1.807) is 6.20 Å². The normalized spacial score (nSPS) is 25.4. The fourth-order valence-electron chi connectivity index (χ4n) is 1.99. The first kappa shape index (κ1) is 11.4. The molecule has 16 heavy (non-hydrogen) atoms. The summed E-state index contributed by atoms with van der Waals surface area (Å²) in [6.07, 6.45) is 5.20. The Morgan fingerprint density at radius 1 is 1.38 bits per heavy atom. The number of hydrogen-bond donors (Lipinski definition) is 2. The Morgan fingerprint density at radius 3 is 2.81 bits per heavy atom. The predicted octanol–water partition coefficient (Wildman–Crippen LogP) is 1.22. The Labute approximate surface area is 95.4 Å². The van der Waals surface area contributed by atoms with Crippen molar-refractivity contribution in [1.29, 1.82) is 0 Å². The summed E-state index contributed by atoms with van der Waals surface area (Å²) < 4.78 is 5.71. The molecule has 3 N–H and O–H groups in total. The fourth-order valence-corrected chi connectivity index (χ4v) is 1.99. The molecule has 1 aromatic rings. The van der Waals surface area contributed by atoms with Gasteiger partial charge in [0.25, 0.3) is 0 Å². The monoisotopic (exact) mass is 222 g/mol. The minimum Gasteiger partial charge on any atom is -0.486 e. The summed E-state index contributed by atoms with van der Waals surface area (Å²) >= 11 is 0. The van der Waals surface area contributed by atoms with Crippen molar-refractivity contribution >= 4 is 0 Å². The van der Waals surface area contributed by atoms with Gasteiger partial charge in [0.2, 0.25) is 0 Å². The van der Waals surface area contributed by atoms with Gasteiger partial charge >= 0.3 is 0 Å². The van der Waals surface area contributed by atoms with Crippen LogP contribution in [0.3, 0.4) is 0 Å². The topological polar surface area (TPSA) is 68.4 Å². The summed E-state index contributed by atoms with van der Waals surface area (Å²) in [6.45, 7) is 0.437. The molecule has 4 heteroatoms. The largest absolute Gasteiger partial charge is 0.486 e. The second-order valence-corrected chi connectivity index (χ2v) is 4.20. The van der Waals surface area contributed by atoms with Crippen molar-refractivity contribution in [3.8, 4) is 5.75 Å². The number of nitrogens with two attached hydrogens (primary N) is 1. The first-order valence-corrected chi connectivity index (χ1v) is 5.79. The molecule has 0 saturated heterocycles. The first-order chi connectivity index (χ1) is 7.79. The highest BCUT2D eigenvalue weighted by molar-refractivity contribution is 5.20. The van der Waals surface area contributed by atoms with Crippen LogP contribution < -0.4 is 10.5 Å². The van der Waals surface area contributed by atoms with E-state index in [1.807, 2.05) is 12.1 Å². The van der Waals surface area contributed by atoms with E-state index in [9.17, 15) is 5.11 Å². The van der Waals surface area contributed by atoms with Crippen LogP contribution in [0.2, 0.25) is 0 Å². The maximum atomic E-state index is 9.77. The van der Waals surface area contributed by atoms with Gasteiger partial charge in [0.15, 0.2) is 0 Å². The van der Waals surface area contributed by atoms with Crippen LogP contribution in [0.1, 0.15) is 31.4 Å². The van der Waals surface area contributed by atoms with Crippen LogP contribution in [0.25, 0.3) is 0 Å². The highest BCUT2D eigenvalue weighted by Gasteiger charge is 2.24. The molecule has 0 aromatic carbocycles. The van der Waals surface area contributed by atoms with Crippen molar-refractivity contribution in [3.05, 3.63) is 24.0 Å². The van der Waals surface area contributed by atoms with Crippen molar-refractivity contribution < 1.29 is 9.84 Å². The summed E-state index contributed by atoms with van der Waals surface area (Å²) in [7, 11) is 0. The number of ether oxygens (including phenoxy) is 1. The zero-order valence-electron chi connectivity index (χ0n) is 9.30. The summed E-state index contributed by atoms with van der Waals surface area (Å²) in [6, 6.07) is 3.71. The Morgan fingerprint density at radius 2 is 2.19 bits per heavy atom. The number of aliphatic hydroxyl groups is 1. The smallest absolute Gasteiger partial charge is 0.138 e. The van der Waals surface area contributed by atoms with Crippen molar-refractivity contribution in [2.75, 3.05) is 0 Å². The van der Waals surface area contributed by atoms with Crippen molar-refractivity contribution in [1.82, 2.24) is 4.98 Å². The molecule has 1 saturated carbocycles. The van der Waals surface area contributed by atoms with E-state index in [4.69, 9.17) is 10.5 Å². The lowest BCUT2D eigenvalue weighted by atomic mass is 9.95.